The molecule has 1 N–H and O–H groups in total. The molecule has 1 aliphatic rings. The van der Waals surface area contributed by atoms with Gasteiger partial charge < -0.3 is 19.7 Å². The summed E-state index contributed by atoms with van der Waals surface area (Å²) in [6.07, 6.45) is 2.53. The molecule has 0 fully saturated rings. The SMILES string of the molecule is CN(C)S(C)(=O)=O.COc1cc(C(F)(F)c2ccc(N3CCn4ncc(NC(=O)c5ccc(OC)c(C#N)c5)c4C3=O)cc2)ccc1Cl. The molecule has 5 rings (SSSR count). The number of hydrogen-bond acceptors (Lipinski definition) is 8. The highest BCUT2D eigenvalue weighted by molar-refractivity contribution is 7.88. The molecule has 0 aliphatic carbocycles. The Bertz CT molecular complexity index is 1990. The Hall–Kier alpha value is -5.04. The lowest BCUT2D eigenvalue weighted by molar-refractivity contribution is 0.0426. The summed E-state index contributed by atoms with van der Waals surface area (Å²) in [6.45, 7) is 0.565. The molecule has 252 valence electrons. The van der Waals surface area contributed by atoms with Crippen LogP contribution in [-0.4, -0.2) is 75.4 Å². The van der Waals surface area contributed by atoms with Crippen molar-refractivity contribution in [2.24, 2.45) is 0 Å². The second-order valence-electron chi connectivity index (χ2n) is 10.6. The average molecular weight is 701 g/mol. The summed E-state index contributed by atoms with van der Waals surface area (Å²) in [7, 11) is 2.85. The van der Waals surface area contributed by atoms with Gasteiger partial charge >= 0.3 is 0 Å². The number of rotatable bonds is 8. The zero-order chi connectivity index (χ0) is 35.4. The Kier molecular flexibility index (Phi) is 10.7. The van der Waals surface area contributed by atoms with Crippen LogP contribution in [0.2, 0.25) is 5.02 Å². The third-order valence-corrected chi connectivity index (χ3v) is 9.01. The van der Waals surface area contributed by atoms with Gasteiger partial charge in [-0.2, -0.15) is 19.1 Å². The fourth-order valence-corrected chi connectivity index (χ4v) is 4.74. The summed E-state index contributed by atoms with van der Waals surface area (Å²) in [5.41, 5.74) is 0.538. The van der Waals surface area contributed by atoms with E-state index in [9.17, 15) is 23.3 Å². The van der Waals surface area contributed by atoms with Gasteiger partial charge in [-0.3, -0.25) is 14.3 Å². The minimum atomic E-state index is -3.34. The van der Waals surface area contributed by atoms with Crippen molar-refractivity contribution in [3.8, 4) is 17.6 Å². The molecule has 0 bridgehead atoms. The molecule has 4 aromatic rings. The van der Waals surface area contributed by atoms with Gasteiger partial charge in [0.05, 0.1) is 49.5 Å². The van der Waals surface area contributed by atoms with Gasteiger partial charge in [-0.25, -0.2) is 12.7 Å². The normalized spacial score (nSPS) is 12.8. The van der Waals surface area contributed by atoms with Crippen molar-refractivity contribution in [1.29, 1.82) is 5.26 Å². The van der Waals surface area contributed by atoms with Gasteiger partial charge in [0.2, 0.25) is 10.0 Å². The number of carbonyl (C=O) groups is 2. The largest absolute Gasteiger partial charge is 0.495 e. The number of hydrogen-bond donors (Lipinski definition) is 1. The molecule has 16 heteroatoms. The lowest BCUT2D eigenvalue weighted by Gasteiger charge is -2.28. The predicted molar refractivity (Wildman–Crippen MR) is 176 cm³/mol. The van der Waals surface area contributed by atoms with E-state index in [0.29, 0.717) is 18.0 Å². The first-order valence-corrected chi connectivity index (χ1v) is 16.3. The standard InChI is InChI=1S/C29H22ClF2N5O4.C3H9NO2S/c1-40-24-10-3-17(13-18(24)15-33)27(38)35-23-16-34-37-12-11-36(28(39)26(23)37)21-7-4-19(5-8-21)29(31,32)20-6-9-22(30)25(14-20)41-2;1-4(2)7(3,5)6/h3-10,13-14,16H,11-12H2,1-2H3,(H,35,38);1-3H3. The van der Waals surface area contributed by atoms with Crippen LogP contribution in [0.3, 0.4) is 0 Å². The van der Waals surface area contributed by atoms with Gasteiger partial charge in [0.1, 0.15) is 23.3 Å². The maximum atomic E-state index is 15.3. The van der Waals surface area contributed by atoms with Crippen LogP contribution < -0.4 is 19.7 Å². The number of anilines is 2. The molecule has 0 saturated heterocycles. The first kappa shape index (κ1) is 35.8. The fourth-order valence-electron chi connectivity index (χ4n) is 4.55. The molecule has 0 atom stereocenters. The van der Waals surface area contributed by atoms with Crippen LogP contribution in [-0.2, 0) is 22.5 Å². The zero-order valence-corrected chi connectivity index (χ0v) is 28.1. The number of sulfonamides is 1. The summed E-state index contributed by atoms with van der Waals surface area (Å²) in [6, 6.07) is 15.5. The van der Waals surface area contributed by atoms with Gasteiger partial charge in [-0.05, 0) is 42.5 Å². The van der Waals surface area contributed by atoms with Crippen molar-refractivity contribution >= 4 is 44.8 Å². The van der Waals surface area contributed by atoms with E-state index in [1.165, 1.54) is 105 Å². The molecule has 1 aliphatic heterocycles. The smallest absolute Gasteiger partial charge is 0.298 e. The number of aromatic nitrogens is 2. The van der Waals surface area contributed by atoms with Crippen LogP contribution in [0.15, 0.2) is 66.9 Å². The highest BCUT2D eigenvalue weighted by atomic mass is 35.5. The van der Waals surface area contributed by atoms with Crippen molar-refractivity contribution < 1.29 is 36.3 Å². The second kappa shape index (κ2) is 14.4. The Morgan fingerprint density at radius 1 is 1.02 bits per heavy atom. The number of benzene rings is 3. The molecule has 48 heavy (non-hydrogen) atoms. The summed E-state index contributed by atoms with van der Waals surface area (Å²) in [5, 5.41) is 16.4. The fraction of sp³-hybridized carbons (Fsp3) is 0.250. The minimum absolute atomic E-state index is 0.136. The number of alkyl halides is 2. The van der Waals surface area contributed by atoms with Gasteiger partial charge in [0.25, 0.3) is 17.7 Å². The van der Waals surface area contributed by atoms with Gasteiger partial charge in [-0.15, -0.1) is 0 Å². The number of fused-ring (bicyclic) bond motifs is 1. The molecule has 0 radical (unpaired) electrons. The molecular weight excluding hydrogens is 670 g/mol. The van der Waals surface area contributed by atoms with Gasteiger partial charge in [-0.1, -0.05) is 29.8 Å². The van der Waals surface area contributed by atoms with E-state index in [4.69, 9.17) is 21.1 Å². The van der Waals surface area contributed by atoms with Crippen molar-refractivity contribution in [2.75, 3.05) is 51.3 Å². The Morgan fingerprint density at radius 3 is 2.23 bits per heavy atom. The summed E-state index contributed by atoms with van der Waals surface area (Å²) in [5.74, 6) is -3.88. The molecular formula is C32H31ClF2N6O6S. The van der Waals surface area contributed by atoms with Crippen LogP contribution in [0, 0.1) is 11.3 Å². The first-order valence-electron chi connectivity index (χ1n) is 14.1. The van der Waals surface area contributed by atoms with Crippen LogP contribution in [0.1, 0.15) is 37.5 Å². The van der Waals surface area contributed by atoms with E-state index in [0.717, 1.165) is 10.6 Å². The van der Waals surface area contributed by atoms with Crippen molar-refractivity contribution in [2.45, 2.75) is 12.5 Å². The zero-order valence-electron chi connectivity index (χ0n) is 26.5. The summed E-state index contributed by atoms with van der Waals surface area (Å²) >= 11 is 5.98. The molecule has 1 aromatic heterocycles. The van der Waals surface area contributed by atoms with Crippen LogP contribution >= 0.6 is 11.6 Å². The van der Waals surface area contributed by atoms with E-state index >= 15 is 8.78 Å². The van der Waals surface area contributed by atoms with Gasteiger partial charge in [0.15, 0.2) is 0 Å². The first-order chi connectivity index (χ1) is 22.6. The minimum Gasteiger partial charge on any atom is -0.495 e. The second-order valence-corrected chi connectivity index (χ2v) is 13.2. The number of methoxy groups -OCH3 is 2. The number of nitriles is 1. The van der Waals surface area contributed by atoms with Gasteiger partial charge in [0, 0.05) is 43.0 Å². The third kappa shape index (κ3) is 7.57. The van der Waals surface area contributed by atoms with Crippen LogP contribution in [0.5, 0.6) is 11.5 Å². The maximum absolute atomic E-state index is 15.3. The van der Waals surface area contributed by atoms with E-state index in [2.05, 4.69) is 10.4 Å². The predicted octanol–water partition coefficient (Wildman–Crippen LogP) is 4.99. The number of amides is 2. The highest BCUT2D eigenvalue weighted by Gasteiger charge is 2.36. The van der Waals surface area contributed by atoms with Crippen molar-refractivity contribution in [3.63, 3.8) is 0 Å². The molecule has 2 amide bonds. The molecule has 12 nitrogen and oxygen atoms in total. The average Bonchev–Trinajstić information content (AvgIpc) is 3.47. The number of ether oxygens (including phenoxy) is 2. The number of nitrogens with one attached hydrogen (secondary N) is 1. The van der Waals surface area contributed by atoms with E-state index in [1.54, 1.807) is 0 Å². The maximum Gasteiger partial charge on any atom is 0.298 e. The molecule has 0 saturated carbocycles. The van der Waals surface area contributed by atoms with E-state index in [-0.39, 0.29) is 51.0 Å². The molecule has 2 heterocycles. The van der Waals surface area contributed by atoms with Crippen molar-refractivity contribution in [1.82, 2.24) is 14.1 Å². The molecule has 0 unspecified atom stereocenters. The highest BCUT2D eigenvalue weighted by Crippen LogP contribution is 2.40. The molecule has 0 spiro atoms. The lowest BCUT2D eigenvalue weighted by atomic mass is 9.99. The number of nitrogens with zero attached hydrogens (tertiary/aromatic N) is 5. The molecule has 3 aromatic carbocycles. The quantitative estimate of drug-likeness (QED) is 0.271. The lowest BCUT2D eigenvalue weighted by Crippen LogP contribution is -2.41. The monoisotopic (exact) mass is 700 g/mol. The van der Waals surface area contributed by atoms with Crippen molar-refractivity contribution in [3.05, 3.63) is 99.8 Å². The Labute approximate surface area is 281 Å². The third-order valence-electron chi connectivity index (χ3n) is 7.37. The summed E-state index contributed by atoms with van der Waals surface area (Å²) < 4.78 is 63.9. The summed E-state index contributed by atoms with van der Waals surface area (Å²) in [4.78, 5) is 27.8. The van der Waals surface area contributed by atoms with Crippen LogP contribution in [0.4, 0.5) is 20.2 Å². The number of halogens is 3. The Balaban J connectivity index is 0.000000671. The van der Waals surface area contributed by atoms with E-state index in [1.807, 2.05) is 6.07 Å². The number of carbonyl (C=O) groups excluding carboxylic acids is 2. The van der Waals surface area contributed by atoms with E-state index < -0.39 is 27.8 Å². The van der Waals surface area contributed by atoms with Crippen LogP contribution in [0.25, 0.3) is 0 Å². The topological polar surface area (TPSA) is 147 Å². The Morgan fingerprint density at radius 2 is 1.65 bits per heavy atom.